The van der Waals surface area contributed by atoms with Crippen LogP contribution in [0.1, 0.15) is 20.8 Å². The summed E-state index contributed by atoms with van der Waals surface area (Å²) < 4.78 is 26.7. The molecule has 0 aliphatic heterocycles. The Labute approximate surface area is 107 Å². The number of carbonyl (C=O) groups excluding carboxylic acids is 1. The van der Waals surface area contributed by atoms with Crippen LogP contribution in [0.15, 0.2) is 35.7 Å². The number of allylic oxidation sites excluding steroid dienone is 1. The van der Waals surface area contributed by atoms with E-state index in [1.165, 1.54) is 23.5 Å². The lowest BCUT2D eigenvalue weighted by atomic mass is 10.1. The molecular weight excluding hydrogens is 254 g/mol. The van der Waals surface area contributed by atoms with Gasteiger partial charge in [-0.1, -0.05) is 6.07 Å². The van der Waals surface area contributed by atoms with Crippen molar-refractivity contribution in [2.75, 3.05) is 0 Å². The molecule has 0 saturated carbocycles. The first-order valence-electron chi connectivity index (χ1n) is 5.29. The number of carbonyl (C=O) groups is 1. The average molecular weight is 264 g/mol. The van der Waals surface area contributed by atoms with E-state index < -0.39 is 23.0 Å². The van der Waals surface area contributed by atoms with Crippen molar-refractivity contribution < 1.29 is 13.6 Å². The van der Waals surface area contributed by atoms with Gasteiger partial charge in [0.15, 0.2) is 5.78 Å². The van der Waals surface area contributed by atoms with Gasteiger partial charge in [0.1, 0.15) is 11.6 Å². The van der Waals surface area contributed by atoms with Gasteiger partial charge in [0, 0.05) is 4.88 Å². The van der Waals surface area contributed by atoms with Crippen LogP contribution in [-0.4, -0.2) is 5.78 Å². The van der Waals surface area contributed by atoms with E-state index in [1.807, 2.05) is 18.4 Å². The third-order valence-electron chi connectivity index (χ3n) is 2.36. The second-order valence-corrected chi connectivity index (χ2v) is 4.76. The van der Waals surface area contributed by atoms with Gasteiger partial charge in [0.2, 0.25) is 0 Å². The summed E-state index contributed by atoms with van der Waals surface area (Å²) in [5, 5.41) is 1.94. The molecule has 1 nitrogen and oxygen atoms in total. The van der Waals surface area contributed by atoms with Crippen molar-refractivity contribution >= 4 is 23.2 Å². The fourth-order valence-electron chi connectivity index (χ4n) is 1.52. The second kappa shape index (κ2) is 5.23. The molecule has 1 heterocycles. The molecule has 1 aromatic heterocycles. The van der Waals surface area contributed by atoms with E-state index in [9.17, 15) is 13.6 Å². The van der Waals surface area contributed by atoms with E-state index >= 15 is 0 Å². The van der Waals surface area contributed by atoms with Gasteiger partial charge in [-0.25, -0.2) is 8.78 Å². The molecule has 0 N–H and O–H groups in total. The van der Waals surface area contributed by atoms with Crippen LogP contribution in [0, 0.1) is 18.6 Å². The maximum Gasteiger partial charge on any atom is 0.191 e. The van der Waals surface area contributed by atoms with E-state index in [4.69, 9.17) is 0 Å². The highest BCUT2D eigenvalue weighted by Gasteiger charge is 2.14. The van der Waals surface area contributed by atoms with E-state index in [-0.39, 0.29) is 0 Å². The largest absolute Gasteiger partial charge is 0.289 e. The summed E-state index contributed by atoms with van der Waals surface area (Å²) in [6.45, 7) is 1.94. The van der Waals surface area contributed by atoms with E-state index in [2.05, 4.69) is 0 Å². The van der Waals surface area contributed by atoms with Gasteiger partial charge in [0.05, 0.1) is 5.56 Å². The molecular formula is C14H10F2OS. The normalized spacial score (nSPS) is 11.1. The van der Waals surface area contributed by atoms with Gasteiger partial charge < -0.3 is 0 Å². The topological polar surface area (TPSA) is 17.1 Å². The van der Waals surface area contributed by atoms with Crippen molar-refractivity contribution in [1.82, 2.24) is 0 Å². The van der Waals surface area contributed by atoms with Crippen molar-refractivity contribution in [3.05, 3.63) is 63.4 Å². The van der Waals surface area contributed by atoms with Gasteiger partial charge in [-0.2, -0.15) is 0 Å². The summed E-state index contributed by atoms with van der Waals surface area (Å²) in [7, 11) is 0. The molecule has 0 radical (unpaired) electrons. The Hall–Kier alpha value is -1.81. The molecule has 4 heteroatoms. The van der Waals surface area contributed by atoms with E-state index in [0.29, 0.717) is 0 Å². The molecule has 0 spiro atoms. The monoisotopic (exact) mass is 264 g/mol. The summed E-state index contributed by atoms with van der Waals surface area (Å²) in [4.78, 5) is 12.6. The minimum Gasteiger partial charge on any atom is -0.289 e. The lowest BCUT2D eigenvalue weighted by molar-refractivity contribution is 0.104. The number of thiophene rings is 1. The molecule has 2 rings (SSSR count). The molecule has 0 aliphatic carbocycles. The number of aryl methyl sites for hydroxylation is 1. The molecule has 18 heavy (non-hydrogen) atoms. The third-order valence-corrected chi connectivity index (χ3v) is 3.37. The molecule has 0 amide bonds. The fourth-order valence-corrected chi connectivity index (χ4v) is 2.31. The fraction of sp³-hybridized carbons (Fsp3) is 0.0714. The van der Waals surface area contributed by atoms with Crippen LogP contribution in [0.4, 0.5) is 8.78 Å². The van der Waals surface area contributed by atoms with Crippen molar-refractivity contribution in [3.8, 4) is 0 Å². The Morgan fingerprint density at radius 1 is 1.28 bits per heavy atom. The highest BCUT2D eigenvalue weighted by Crippen LogP contribution is 2.17. The number of rotatable bonds is 3. The number of hydrogen-bond donors (Lipinski definition) is 0. The highest BCUT2D eigenvalue weighted by atomic mass is 32.1. The van der Waals surface area contributed by atoms with Crippen LogP contribution in [0.5, 0.6) is 0 Å². The highest BCUT2D eigenvalue weighted by molar-refractivity contribution is 7.11. The van der Waals surface area contributed by atoms with Gasteiger partial charge in [-0.15, -0.1) is 11.3 Å². The molecule has 0 bridgehead atoms. The molecule has 1 aromatic carbocycles. The Bertz CT molecular complexity index is 594. The maximum atomic E-state index is 13.3. The summed E-state index contributed by atoms with van der Waals surface area (Å²) in [6, 6.07) is 5.26. The first-order chi connectivity index (χ1) is 8.58. The third kappa shape index (κ3) is 2.71. The minimum absolute atomic E-state index is 0.512. The lowest BCUT2D eigenvalue weighted by Gasteiger charge is -1.99. The van der Waals surface area contributed by atoms with Crippen LogP contribution in [0.3, 0.4) is 0 Å². The van der Waals surface area contributed by atoms with Crippen molar-refractivity contribution in [1.29, 1.82) is 0 Å². The van der Waals surface area contributed by atoms with Gasteiger partial charge in [-0.05, 0) is 48.2 Å². The van der Waals surface area contributed by atoms with Gasteiger partial charge in [0.25, 0.3) is 0 Å². The minimum atomic E-state index is -0.841. The zero-order valence-corrected chi connectivity index (χ0v) is 10.4. The second-order valence-electron chi connectivity index (χ2n) is 3.82. The lowest BCUT2D eigenvalue weighted by Crippen LogP contribution is -2.02. The average Bonchev–Trinajstić information content (AvgIpc) is 2.72. The Kier molecular flexibility index (Phi) is 3.67. The van der Waals surface area contributed by atoms with Crippen molar-refractivity contribution in [3.63, 3.8) is 0 Å². The number of hydrogen-bond acceptors (Lipinski definition) is 2. The molecule has 0 unspecified atom stereocenters. The first kappa shape index (κ1) is 12.6. The molecule has 0 atom stereocenters. The van der Waals surface area contributed by atoms with Crippen LogP contribution >= 0.6 is 11.3 Å². The van der Waals surface area contributed by atoms with Gasteiger partial charge >= 0.3 is 0 Å². The van der Waals surface area contributed by atoms with Crippen LogP contribution in [0.25, 0.3) is 6.08 Å². The summed E-state index contributed by atoms with van der Waals surface area (Å²) in [6.07, 6.45) is 2.75. The molecule has 0 fully saturated rings. The van der Waals surface area contributed by atoms with Crippen LogP contribution in [-0.2, 0) is 0 Å². The Morgan fingerprint density at radius 2 is 1.94 bits per heavy atom. The predicted octanol–water partition coefficient (Wildman–Crippen LogP) is 4.23. The zero-order chi connectivity index (χ0) is 13.1. The smallest absolute Gasteiger partial charge is 0.191 e. The van der Waals surface area contributed by atoms with Crippen LogP contribution in [0.2, 0.25) is 0 Å². The molecule has 0 aliphatic rings. The standard InChI is InChI=1S/C14H10F2OS/c1-9-7-10(18-8-9)5-6-13(17)14-11(15)3-2-4-12(14)16/h2-8H,1H3/b6-5+. The Morgan fingerprint density at radius 3 is 2.50 bits per heavy atom. The number of halogens is 2. The summed E-state index contributed by atoms with van der Waals surface area (Å²) >= 11 is 1.47. The van der Waals surface area contributed by atoms with Crippen molar-refractivity contribution in [2.45, 2.75) is 6.92 Å². The molecule has 2 aromatic rings. The quantitative estimate of drug-likeness (QED) is 0.599. The Balaban J connectivity index is 2.25. The summed E-state index contributed by atoms with van der Waals surface area (Å²) in [5.41, 5.74) is 0.575. The van der Waals surface area contributed by atoms with E-state index in [0.717, 1.165) is 22.6 Å². The predicted molar refractivity (Wildman–Crippen MR) is 68.8 cm³/mol. The molecule has 0 saturated heterocycles. The summed E-state index contributed by atoms with van der Waals surface area (Å²) in [5.74, 6) is -2.35. The van der Waals surface area contributed by atoms with Crippen LogP contribution < -0.4 is 0 Å². The van der Waals surface area contributed by atoms with E-state index in [1.54, 1.807) is 6.08 Å². The van der Waals surface area contributed by atoms with Gasteiger partial charge in [-0.3, -0.25) is 4.79 Å². The number of benzene rings is 1. The zero-order valence-electron chi connectivity index (χ0n) is 9.61. The molecule has 92 valence electrons. The maximum absolute atomic E-state index is 13.3. The first-order valence-corrected chi connectivity index (χ1v) is 6.17. The van der Waals surface area contributed by atoms with Crippen molar-refractivity contribution in [2.24, 2.45) is 0 Å². The number of ketones is 1. The SMILES string of the molecule is Cc1csc(/C=C/C(=O)c2c(F)cccc2F)c1.